The first-order valence-corrected chi connectivity index (χ1v) is 8.55. The van der Waals surface area contributed by atoms with Crippen molar-refractivity contribution in [3.05, 3.63) is 60.8 Å². The normalized spacial score (nSPS) is 10.8. The molecule has 1 amide bonds. The second-order valence-electron chi connectivity index (χ2n) is 4.87. The maximum absolute atomic E-state index is 12.2. The van der Waals surface area contributed by atoms with E-state index in [-0.39, 0.29) is 10.6 Å². The van der Waals surface area contributed by atoms with Gasteiger partial charge in [0, 0.05) is 29.4 Å². The van der Waals surface area contributed by atoms with Crippen molar-refractivity contribution in [1.29, 1.82) is 0 Å². The summed E-state index contributed by atoms with van der Waals surface area (Å²) in [6, 6.07) is 9.08. The molecular formula is C16H14N2O2S2. The fraction of sp³-hybridized carbons (Fsp3) is 0.188. The van der Waals surface area contributed by atoms with Crippen molar-refractivity contribution < 1.29 is 4.79 Å². The number of hydrogen-bond donors (Lipinski definition) is 1. The molecule has 0 aliphatic heterocycles. The highest BCUT2D eigenvalue weighted by atomic mass is 32.1. The molecule has 1 N–H and O–H groups in total. The minimum absolute atomic E-state index is 0.0844. The number of aryl methyl sites for hydroxylation is 1. The van der Waals surface area contributed by atoms with Crippen LogP contribution in [0.5, 0.6) is 0 Å². The molecule has 1 aromatic carbocycles. The predicted molar refractivity (Wildman–Crippen MR) is 91.0 cm³/mol. The molecule has 6 heteroatoms. The van der Waals surface area contributed by atoms with E-state index < -0.39 is 0 Å². The SMILES string of the molecule is Cc1csc(CCNC(=O)c2cc3ccccc3c(=O)s2)n1. The number of nitrogens with one attached hydrogen (secondary N) is 1. The molecule has 3 aromatic rings. The molecule has 0 aliphatic rings. The first kappa shape index (κ1) is 14.9. The standard InChI is InChI=1S/C16H14N2O2S2/c1-10-9-21-14(18-10)6-7-17-15(19)13-8-11-4-2-3-5-12(11)16(20)22-13/h2-5,8-9H,6-7H2,1H3,(H,17,19). The zero-order valence-corrected chi connectivity index (χ0v) is 13.6. The summed E-state index contributed by atoms with van der Waals surface area (Å²) < 4.78 is -0.0844. The molecule has 0 saturated carbocycles. The number of amides is 1. The first-order valence-electron chi connectivity index (χ1n) is 6.85. The van der Waals surface area contributed by atoms with Crippen molar-refractivity contribution in [1.82, 2.24) is 10.3 Å². The summed E-state index contributed by atoms with van der Waals surface area (Å²) in [5.41, 5.74) is 0.999. The summed E-state index contributed by atoms with van der Waals surface area (Å²) >= 11 is 2.58. The van der Waals surface area contributed by atoms with E-state index in [1.807, 2.05) is 30.5 Å². The molecule has 0 saturated heterocycles. The van der Waals surface area contributed by atoms with Gasteiger partial charge in [-0.05, 0) is 24.4 Å². The lowest BCUT2D eigenvalue weighted by Crippen LogP contribution is -2.25. The molecular weight excluding hydrogens is 316 g/mol. The molecule has 0 atom stereocenters. The van der Waals surface area contributed by atoms with Gasteiger partial charge < -0.3 is 5.32 Å². The second-order valence-corrected chi connectivity index (χ2v) is 6.83. The zero-order valence-electron chi connectivity index (χ0n) is 12.0. The third-order valence-electron chi connectivity index (χ3n) is 3.18. The predicted octanol–water partition coefficient (Wildman–Crippen LogP) is 3.00. The molecule has 0 bridgehead atoms. The Labute approximate surface area is 135 Å². The van der Waals surface area contributed by atoms with Gasteiger partial charge in [0.05, 0.1) is 9.88 Å². The summed E-state index contributed by atoms with van der Waals surface area (Å²) in [5.74, 6) is -0.207. The Morgan fingerprint density at radius 2 is 2.14 bits per heavy atom. The molecule has 0 fully saturated rings. The lowest BCUT2D eigenvalue weighted by molar-refractivity contribution is 0.0958. The van der Waals surface area contributed by atoms with Crippen molar-refractivity contribution in [3.63, 3.8) is 0 Å². The van der Waals surface area contributed by atoms with E-state index in [9.17, 15) is 9.59 Å². The van der Waals surface area contributed by atoms with Gasteiger partial charge in [0.25, 0.3) is 5.91 Å². The Morgan fingerprint density at radius 1 is 1.32 bits per heavy atom. The van der Waals surface area contributed by atoms with E-state index in [4.69, 9.17) is 0 Å². The van der Waals surface area contributed by atoms with Gasteiger partial charge in [0.1, 0.15) is 0 Å². The van der Waals surface area contributed by atoms with Gasteiger partial charge in [-0.3, -0.25) is 9.59 Å². The van der Waals surface area contributed by atoms with E-state index in [2.05, 4.69) is 10.3 Å². The Hall–Kier alpha value is -2.05. The number of benzene rings is 1. The van der Waals surface area contributed by atoms with E-state index in [0.717, 1.165) is 27.4 Å². The Kier molecular flexibility index (Phi) is 4.31. The molecule has 4 nitrogen and oxygen atoms in total. The lowest BCUT2D eigenvalue weighted by atomic mass is 10.2. The lowest BCUT2D eigenvalue weighted by Gasteiger charge is -2.04. The number of aromatic nitrogens is 1. The summed E-state index contributed by atoms with van der Waals surface area (Å²) in [4.78, 5) is 29.0. The van der Waals surface area contributed by atoms with Crippen LogP contribution in [0.15, 0.2) is 40.5 Å². The van der Waals surface area contributed by atoms with Crippen molar-refractivity contribution in [2.75, 3.05) is 6.54 Å². The molecule has 112 valence electrons. The highest BCUT2D eigenvalue weighted by Gasteiger charge is 2.10. The second kappa shape index (κ2) is 6.37. The summed E-state index contributed by atoms with van der Waals surface area (Å²) in [5, 5.41) is 7.30. The third-order valence-corrected chi connectivity index (χ3v) is 5.14. The minimum Gasteiger partial charge on any atom is -0.351 e. The van der Waals surface area contributed by atoms with E-state index in [0.29, 0.717) is 23.2 Å². The average Bonchev–Trinajstić information content (AvgIpc) is 2.92. The molecule has 0 unspecified atom stereocenters. The number of carbonyl (C=O) groups is 1. The van der Waals surface area contributed by atoms with Crippen molar-refractivity contribution in [2.24, 2.45) is 0 Å². The Morgan fingerprint density at radius 3 is 2.91 bits per heavy atom. The number of rotatable bonds is 4. The van der Waals surface area contributed by atoms with Gasteiger partial charge in [-0.2, -0.15) is 0 Å². The van der Waals surface area contributed by atoms with E-state index >= 15 is 0 Å². The monoisotopic (exact) mass is 330 g/mol. The molecule has 0 spiro atoms. The van der Waals surface area contributed by atoms with Crippen LogP contribution in [-0.2, 0) is 6.42 Å². The van der Waals surface area contributed by atoms with Crippen molar-refractivity contribution >= 4 is 39.4 Å². The van der Waals surface area contributed by atoms with Gasteiger partial charge in [-0.25, -0.2) is 4.98 Å². The zero-order chi connectivity index (χ0) is 15.5. The smallest absolute Gasteiger partial charge is 0.261 e. The number of nitrogens with zero attached hydrogens (tertiary/aromatic N) is 1. The molecule has 3 rings (SSSR count). The van der Waals surface area contributed by atoms with Gasteiger partial charge >= 0.3 is 0 Å². The quantitative estimate of drug-likeness (QED) is 0.800. The largest absolute Gasteiger partial charge is 0.351 e. The molecule has 22 heavy (non-hydrogen) atoms. The van der Waals surface area contributed by atoms with Crippen LogP contribution in [0.25, 0.3) is 10.8 Å². The number of hydrogen-bond acceptors (Lipinski definition) is 5. The van der Waals surface area contributed by atoms with Crippen LogP contribution in [-0.4, -0.2) is 17.4 Å². The van der Waals surface area contributed by atoms with Crippen LogP contribution in [0.1, 0.15) is 20.4 Å². The van der Waals surface area contributed by atoms with Gasteiger partial charge in [-0.15, -0.1) is 11.3 Å². The summed E-state index contributed by atoms with van der Waals surface area (Å²) in [7, 11) is 0. The number of fused-ring (bicyclic) bond motifs is 1. The highest BCUT2D eigenvalue weighted by molar-refractivity contribution is 7.12. The van der Waals surface area contributed by atoms with Crippen LogP contribution in [0.4, 0.5) is 0 Å². The summed E-state index contributed by atoms with van der Waals surface area (Å²) in [6.07, 6.45) is 0.701. The van der Waals surface area contributed by atoms with E-state index in [1.54, 1.807) is 23.5 Å². The molecule has 0 aliphatic carbocycles. The molecule has 2 heterocycles. The Bertz CT molecular complexity index is 883. The van der Waals surface area contributed by atoms with Gasteiger partial charge in [-0.1, -0.05) is 29.5 Å². The van der Waals surface area contributed by atoms with Crippen LogP contribution >= 0.6 is 22.7 Å². The van der Waals surface area contributed by atoms with Gasteiger partial charge in [0.2, 0.25) is 4.74 Å². The van der Waals surface area contributed by atoms with Crippen molar-refractivity contribution in [2.45, 2.75) is 13.3 Å². The minimum atomic E-state index is -0.207. The van der Waals surface area contributed by atoms with Crippen LogP contribution in [0, 0.1) is 6.92 Å². The van der Waals surface area contributed by atoms with Crippen molar-refractivity contribution in [3.8, 4) is 0 Å². The number of thiazole rings is 1. The van der Waals surface area contributed by atoms with Gasteiger partial charge in [0.15, 0.2) is 0 Å². The van der Waals surface area contributed by atoms with E-state index in [1.165, 1.54) is 0 Å². The van der Waals surface area contributed by atoms with Crippen LogP contribution in [0.2, 0.25) is 0 Å². The summed E-state index contributed by atoms with van der Waals surface area (Å²) in [6.45, 7) is 2.46. The van der Waals surface area contributed by atoms with Crippen LogP contribution in [0.3, 0.4) is 0 Å². The maximum Gasteiger partial charge on any atom is 0.261 e. The highest BCUT2D eigenvalue weighted by Crippen LogP contribution is 2.15. The molecule has 2 aromatic heterocycles. The fourth-order valence-corrected chi connectivity index (χ4v) is 3.76. The maximum atomic E-state index is 12.2. The number of carbonyl (C=O) groups excluding carboxylic acids is 1. The topological polar surface area (TPSA) is 59.1 Å². The first-order chi connectivity index (χ1) is 10.6. The molecule has 0 radical (unpaired) electrons. The van der Waals surface area contributed by atoms with Crippen LogP contribution < -0.4 is 10.1 Å². The Balaban J connectivity index is 1.71. The fourth-order valence-electron chi connectivity index (χ4n) is 2.13. The third kappa shape index (κ3) is 3.23. The average molecular weight is 330 g/mol.